The first-order valence-electron chi connectivity index (χ1n) is 7.31. The second kappa shape index (κ2) is 6.72. The fraction of sp³-hybridized carbons (Fsp3) is 1.00. The zero-order chi connectivity index (χ0) is 12.1. The number of ether oxygens (including phenoxy) is 1. The largest absolute Gasteiger partial charge is 0.392 e. The molecule has 0 radical (unpaired) electrons. The van der Waals surface area contributed by atoms with Crippen LogP contribution in [0.5, 0.6) is 0 Å². The Balaban J connectivity index is 1.86. The van der Waals surface area contributed by atoms with Gasteiger partial charge in [0.25, 0.3) is 0 Å². The molecule has 3 heteroatoms. The van der Waals surface area contributed by atoms with Crippen LogP contribution >= 0.6 is 0 Å². The van der Waals surface area contributed by atoms with E-state index in [9.17, 15) is 5.11 Å². The van der Waals surface area contributed by atoms with Crippen LogP contribution in [0.25, 0.3) is 0 Å². The van der Waals surface area contributed by atoms with Gasteiger partial charge in [-0.25, -0.2) is 0 Å². The van der Waals surface area contributed by atoms with Crippen LogP contribution in [0.3, 0.4) is 0 Å². The van der Waals surface area contributed by atoms with Gasteiger partial charge in [-0.05, 0) is 44.6 Å². The van der Waals surface area contributed by atoms with Crippen LogP contribution in [0.1, 0.15) is 45.4 Å². The fourth-order valence-corrected chi connectivity index (χ4v) is 3.21. The summed E-state index contributed by atoms with van der Waals surface area (Å²) in [5.74, 6) is 0.786. The Bertz CT molecular complexity index is 216. The quantitative estimate of drug-likeness (QED) is 0.817. The average Bonchev–Trinajstić information content (AvgIpc) is 2.40. The molecule has 0 aliphatic carbocycles. The molecule has 2 atom stereocenters. The SMILES string of the molecule is CCC(O)C1CCCCN1CC1CCOCC1. The highest BCUT2D eigenvalue weighted by molar-refractivity contribution is 4.84. The number of piperidine rings is 1. The van der Waals surface area contributed by atoms with Crippen LogP contribution in [0.2, 0.25) is 0 Å². The van der Waals surface area contributed by atoms with Crippen molar-refractivity contribution < 1.29 is 9.84 Å². The van der Waals surface area contributed by atoms with E-state index < -0.39 is 0 Å². The number of rotatable bonds is 4. The Labute approximate surface area is 105 Å². The number of likely N-dealkylation sites (tertiary alicyclic amines) is 1. The van der Waals surface area contributed by atoms with Crippen molar-refractivity contribution in [1.82, 2.24) is 4.90 Å². The summed E-state index contributed by atoms with van der Waals surface area (Å²) in [6, 6.07) is 0.414. The van der Waals surface area contributed by atoms with E-state index in [-0.39, 0.29) is 6.10 Å². The fourth-order valence-electron chi connectivity index (χ4n) is 3.21. The first-order valence-corrected chi connectivity index (χ1v) is 7.31. The van der Waals surface area contributed by atoms with Crippen LogP contribution in [0, 0.1) is 5.92 Å². The molecule has 2 unspecified atom stereocenters. The average molecular weight is 241 g/mol. The van der Waals surface area contributed by atoms with Crippen molar-refractivity contribution >= 4 is 0 Å². The number of hydrogen-bond acceptors (Lipinski definition) is 3. The smallest absolute Gasteiger partial charge is 0.0692 e. The molecular formula is C14H27NO2. The summed E-state index contributed by atoms with van der Waals surface area (Å²) in [6.45, 7) is 6.30. The molecule has 2 saturated heterocycles. The maximum atomic E-state index is 10.1. The molecule has 2 aliphatic heterocycles. The molecule has 2 aliphatic rings. The molecule has 0 saturated carbocycles. The summed E-state index contributed by atoms with van der Waals surface area (Å²) in [4.78, 5) is 2.55. The lowest BCUT2D eigenvalue weighted by Gasteiger charge is -2.40. The van der Waals surface area contributed by atoms with Crippen molar-refractivity contribution in [3.63, 3.8) is 0 Å². The van der Waals surface area contributed by atoms with Crippen LogP contribution < -0.4 is 0 Å². The van der Waals surface area contributed by atoms with E-state index in [1.807, 2.05) is 0 Å². The molecule has 3 nitrogen and oxygen atoms in total. The van der Waals surface area contributed by atoms with Crippen molar-refractivity contribution in [2.45, 2.75) is 57.6 Å². The maximum absolute atomic E-state index is 10.1. The van der Waals surface area contributed by atoms with Crippen molar-refractivity contribution in [3.05, 3.63) is 0 Å². The Kier molecular flexibility index (Phi) is 5.26. The third-order valence-corrected chi connectivity index (χ3v) is 4.36. The maximum Gasteiger partial charge on any atom is 0.0692 e. The molecule has 0 amide bonds. The molecule has 2 heterocycles. The highest BCUT2D eigenvalue weighted by Crippen LogP contribution is 2.25. The number of aliphatic hydroxyl groups excluding tert-OH is 1. The zero-order valence-corrected chi connectivity index (χ0v) is 11.1. The second-order valence-corrected chi connectivity index (χ2v) is 5.59. The standard InChI is InChI=1S/C14H27NO2/c1-2-14(16)13-5-3-4-8-15(13)11-12-6-9-17-10-7-12/h12-14,16H,2-11H2,1H3. The molecule has 0 aromatic rings. The van der Waals surface area contributed by atoms with Gasteiger partial charge in [-0.15, -0.1) is 0 Å². The van der Waals surface area contributed by atoms with E-state index >= 15 is 0 Å². The van der Waals surface area contributed by atoms with Gasteiger partial charge < -0.3 is 9.84 Å². The van der Waals surface area contributed by atoms with E-state index in [1.54, 1.807) is 0 Å². The van der Waals surface area contributed by atoms with Crippen LogP contribution in [-0.2, 0) is 4.74 Å². The molecule has 0 spiro atoms. The van der Waals surface area contributed by atoms with Gasteiger partial charge in [-0.2, -0.15) is 0 Å². The van der Waals surface area contributed by atoms with Gasteiger partial charge in [0.1, 0.15) is 0 Å². The summed E-state index contributed by atoms with van der Waals surface area (Å²) in [7, 11) is 0. The summed E-state index contributed by atoms with van der Waals surface area (Å²) < 4.78 is 5.42. The Morgan fingerprint density at radius 3 is 2.71 bits per heavy atom. The third kappa shape index (κ3) is 3.67. The second-order valence-electron chi connectivity index (χ2n) is 5.59. The van der Waals surface area contributed by atoms with Crippen molar-refractivity contribution in [3.8, 4) is 0 Å². The predicted octanol–water partition coefficient (Wildman–Crippen LogP) is 2.04. The number of hydrogen-bond donors (Lipinski definition) is 1. The number of nitrogens with zero attached hydrogens (tertiary/aromatic N) is 1. The van der Waals surface area contributed by atoms with Crippen molar-refractivity contribution in [1.29, 1.82) is 0 Å². The van der Waals surface area contributed by atoms with Crippen LogP contribution in [-0.4, -0.2) is 48.5 Å². The first kappa shape index (κ1) is 13.3. The lowest BCUT2D eigenvalue weighted by Crippen LogP contribution is -2.48. The molecule has 1 N–H and O–H groups in total. The normalized spacial score (nSPS) is 30.4. The highest BCUT2D eigenvalue weighted by Gasteiger charge is 2.29. The van der Waals surface area contributed by atoms with Gasteiger partial charge in [-0.1, -0.05) is 13.3 Å². The van der Waals surface area contributed by atoms with Gasteiger partial charge in [0, 0.05) is 25.8 Å². The first-order chi connectivity index (χ1) is 8.31. The Morgan fingerprint density at radius 1 is 1.24 bits per heavy atom. The summed E-state index contributed by atoms with van der Waals surface area (Å²) in [5, 5.41) is 10.1. The van der Waals surface area contributed by atoms with Crippen molar-refractivity contribution in [2.75, 3.05) is 26.3 Å². The molecule has 0 aromatic carbocycles. The molecule has 0 bridgehead atoms. The van der Waals surface area contributed by atoms with E-state index in [2.05, 4.69) is 11.8 Å². The molecule has 2 fully saturated rings. The third-order valence-electron chi connectivity index (χ3n) is 4.36. The molecule has 100 valence electrons. The summed E-state index contributed by atoms with van der Waals surface area (Å²) in [5.41, 5.74) is 0. The monoisotopic (exact) mass is 241 g/mol. The minimum Gasteiger partial charge on any atom is -0.392 e. The molecular weight excluding hydrogens is 214 g/mol. The van der Waals surface area contributed by atoms with E-state index in [0.29, 0.717) is 6.04 Å². The Hall–Kier alpha value is -0.120. The summed E-state index contributed by atoms with van der Waals surface area (Å²) in [6.07, 6.45) is 6.92. The number of aliphatic hydroxyl groups is 1. The van der Waals surface area contributed by atoms with Gasteiger partial charge in [0.2, 0.25) is 0 Å². The minimum absolute atomic E-state index is 0.129. The van der Waals surface area contributed by atoms with Crippen molar-refractivity contribution in [2.24, 2.45) is 5.92 Å². The van der Waals surface area contributed by atoms with Gasteiger partial charge >= 0.3 is 0 Å². The zero-order valence-electron chi connectivity index (χ0n) is 11.1. The van der Waals surface area contributed by atoms with Gasteiger partial charge in [-0.3, -0.25) is 4.90 Å². The Morgan fingerprint density at radius 2 is 2.00 bits per heavy atom. The lowest BCUT2D eigenvalue weighted by atomic mass is 9.92. The lowest BCUT2D eigenvalue weighted by molar-refractivity contribution is -0.00266. The molecule has 17 heavy (non-hydrogen) atoms. The summed E-state index contributed by atoms with van der Waals surface area (Å²) >= 11 is 0. The topological polar surface area (TPSA) is 32.7 Å². The molecule has 0 aromatic heterocycles. The van der Waals surface area contributed by atoms with E-state index in [4.69, 9.17) is 4.74 Å². The van der Waals surface area contributed by atoms with Crippen LogP contribution in [0.15, 0.2) is 0 Å². The highest BCUT2D eigenvalue weighted by atomic mass is 16.5. The van der Waals surface area contributed by atoms with Gasteiger partial charge in [0.05, 0.1) is 6.10 Å². The van der Waals surface area contributed by atoms with Gasteiger partial charge in [0.15, 0.2) is 0 Å². The molecule has 2 rings (SSSR count). The van der Waals surface area contributed by atoms with E-state index in [0.717, 1.165) is 25.6 Å². The van der Waals surface area contributed by atoms with Crippen LogP contribution in [0.4, 0.5) is 0 Å². The van der Waals surface area contributed by atoms with E-state index in [1.165, 1.54) is 45.2 Å². The minimum atomic E-state index is -0.129. The predicted molar refractivity (Wildman–Crippen MR) is 69.1 cm³/mol.